The summed E-state index contributed by atoms with van der Waals surface area (Å²) in [7, 11) is 0. The van der Waals surface area contributed by atoms with Gasteiger partial charge in [0.2, 0.25) is 5.91 Å². The number of benzene rings is 1. The lowest BCUT2D eigenvalue weighted by atomic mass is 9.92. The minimum Gasteiger partial charge on any atom is -0.369 e. The third-order valence-electron chi connectivity index (χ3n) is 2.79. The fourth-order valence-corrected chi connectivity index (χ4v) is 1.31. The molecular formula is C13H17FN2O2. The number of nitrogens with one attached hydrogen (secondary N) is 1. The average Bonchev–Trinajstić information content (AvgIpc) is 2.29. The summed E-state index contributed by atoms with van der Waals surface area (Å²) in [5, 5.41) is 2.51. The lowest BCUT2D eigenvalue weighted by Crippen LogP contribution is -2.42. The van der Waals surface area contributed by atoms with Gasteiger partial charge in [0.1, 0.15) is 5.82 Å². The van der Waals surface area contributed by atoms with Crippen molar-refractivity contribution in [2.24, 2.45) is 11.1 Å². The number of carbonyl (C=O) groups is 2. The van der Waals surface area contributed by atoms with Crippen LogP contribution in [-0.2, 0) is 4.79 Å². The molecule has 0 unspecified atom stereocenters. The van der Waals surface area contributed by atoms with Crippen molar-refractivity contribution >= 4 is 11.8 Å². The zero-order chi connectivity index (χ0) is 13.9. The van der Waals surface area contributed by atoms with Crippen molar-refractivity contribution in [3.63, 3.8) is 0 Å². The number of halogens is 1. The Kier molecular flexibility index (Phi) is 4.06. The number of rotatable bonds is 4. The number of nitrogens with two attached hydrogens (primary N) is 1. The fourth-order valence-electron chi connectivity index (χ4n) is 1.31. The van der Waals surface area contributed by atoms with Crippen LogP contribution in [0.4, 0.5) is 4.39 Å². The van der Waals surface area contributed by atoms with Gasteiger partial charge in [0.15, 0.2) is 0 Å². The summed E-state index contributed by atoms with van der Waals surface area (Å²) in [5.74, 6) is -1.62. The summed E-state index contributed by atoms with van der Waals surface area (Å²) < 4.78 is 13.7. The van der Waals surface area contributed by atoms with Crippen molar-refractivity contribution in [3.05, 3.63) is 35.1 Å². The van der Waals surface area contributed by atoms with Crippen molar-refractivity contribution in [2.45, 2.75) is 20.8 Å². The van der Waals surface area contributed by atoms with Gasteiger partial charge in [-0.05, 0) is 32.4 Å². The second kappa shape index (κ2) is 5.16. The molecule has 0 aliphatic carbocycles. The molecule has 0 aliphatic heterocycles. The molecule has 1 aromatic rings. The highest BCUT2D eigenvalue weighted by molar-refractivity contribution is 5.95. The molecule has 0 aliphatic rings. The zero-order valence-electron chi connectivity index (χ0n) is 10.7. The maximum Gasteiger partial charge on any atom is 0.254 e. The van der Waals surface area contributed by atoms with Crippen LogP contribution >= 0.6 is 0 Å². The molecular weight excluding hydrogens is 235 g/mol. The highest BCUT2D eigenvalue weighted by atomic mass is 19.1. The third kappa shape index (κ3) is 3.06. The molecule has 0 bridgehead atoms. The molecule has 1 rings (SSSR count). The van der Waals surface area contributed by atoms with Crippen LogP contribution in [0.1, 0.15) is 29.8 Å². The quantitative estimate of drug-likeness (QED) is 0.849. The van der Waals surface area contributed by atoms with E-state index in [0.29, 0.717) is 5.56 Å². The van der Waals surface area contributed by atoms with Crippen LogP contribution in [0.2, 0.25) is 0 Å². The molecule has 2 amide bonds. The van der Waals surface area contributed by atoms with E-state index in [1.165, 1.54) is 6.07 Å². The van der Waals surface area contributed by atoms with E-state index in [1.807, 2.05) is 0 Å². The Morgan fingerprint density at radius 3 is 2.56 bits per heavy atom. The van der Waals surface area contributed by atoms with Crippen LogP contribution < -0.4 is 11.1 Å². The molecule has 18 heavy (non-hydrogen) atoms. The molecule has 0 aromatic heterocycles. The fraction of sp³-hybridized carbons (Fsp3) is 0.385. The normalized spacial score (nSPS) is 11.1. The minimum absolute atomic E-state index is 0.0322. The molecule has 4 nitrogen and oxygen atoms in total. The highest BCUT2D eigenvalue weighted by Crippen LogP contribution is 2.14. The number of aryl methyl sites for hydroxylation is 1. The van der Waals surface area contributed by atoms with Gasteiger partial charge < -0.3 is 11.1 Å². The molecule has 0 heterocycles. The van der Waals surface area contributed by atoms with E-state index in [0.717, 1.165) is 0 Å². The van der Waals surface area contributed by atoms with E-state index < -0.39 is 23.0 Å². The molecule has 3 N–H and O–H groups in total. The highest BCUT2D eigenvalue weighted by Gasteiger charge is 2.26. The van der Waals surface area contributed by atoms with E-state index in [4.69, 9.17) is 5.73 Å². The Labute approximate surface area is 105 Å². The second-order valence-corrected chi connectivity index (χ2v) is 4.87. The van der Waals surface area contributed by atoms with Gasteiger partial charge in [-0.3, -0.25) is 9.59 Å². The number of primary amides is 1. The maximum absolute atomic E-state index is 13.7. The smallest absolute Gasteiger partial charge is 0.254 e. The standard InChI is InChI=1S/C13H17FN2O2/c1-8-5-4-6-9(10(8)14)11(17)16-7-13(2,3)12(15)18/h4-6H,7H2,1-3H3,(H2,15,18)(H,16,17). The first-order chi connectivity index (χ1) is 8.25. The van der Waals surface area contributed by atoms with Gasteiger partial charge >= 0.3 is 0 Å². The molecule has 1 aromatic carbocycles. The number of amides is 2. The molecule has 98 valence electrons. The van der Waals surface area contributed by atoms with Crippen molar-refractivity contribution in [2.75, 3.05) is 6.54 Å². The maximum atomic E-state index is 13.7. The van der Waals surface area contributed by atoms with Crippen molar-refractivity contribution in [1.82, 2.24) is 5.32 Å². The first kappa shape index (κ1) is 14.2. The predicted octanol–water partition coefficient (Wildman–Crippen LogP) is 1.38. The van der Waals surface area contributed by atoms with Gasteiger partial charge in [-0.2, -0.15) is 0 Å². The lowest BCUT2D eigenvalue weighted by Gasteiger charge is -2.20. The minimum atomic E-state index is -0.865. The Morgan fingerprint density at radius 2 is 2.00 bits per heavy atom. The molecule has 0 radical (unpaired) electrons. The first-order valence-electron chi connectivity index (χ1n) is 5.59. The van der Waals surface area contributed by atoms with Gasteiger partial charge in [0.25, 0.3) is 5.91 Å². The van der Waals surface area contributed by atoms with Crippen molar-refractivity contribution < 1.29 is 14.0 Å². The number of carbonyl (C=O) groups excluding carboxylic acids is 2. The Morgan fingerprint density at radius 1 is 1.39 bits per heavy atom. The molecule has 0 fully saturated rings. The van der Waals surface area contributed by atoms with E-state index in [1.54, 1.807) is 32.9 Å². The Bertz CT molecular complexity index is 484. The van der Waals surface area contributed by atoms with Gasteiger partial charge in [-0.25, -0.2) is 4.39 Å². The third-order valence-corrected chi connectivity index (χ3v) is 2.79. The van der Waals surface area contributed by atoms with E-state index in [2.05, 4.69) is 5.32 Å². The summed E-state index contributed by atoms with van der Waals surface area (Å²) in [6.45, 7) is 4.87. The van der Waals surface area contributed by atoms with Crippen LogP contribution in [0.3, 0.4) is 0 Å². The molecule has 5 heteroatoms. The van der Waals surface area contributed by atoms with Crippen LogP contribution in [0.25, 0.3) is 0 Å². The van der Waals surface area contributed by atoms with Gasteiger partial charge in [0.05, 0.1) is 11.0 Å². The average molecular weight is 252 g/mol. The van der Waals surface area contributed by atoms with Crippen LogP contribution in [-0.4, -0.2) is 18.4 Å². The van der Waals surface area contributed by atoms with Crippen LogP contribution in [0.5, 0.6) is 0 Å². The Balaban J connectivity index is 2.78. The summed E-state index contributed by atoms with van der Waals surface area (Å²) >= 11 is 0. The number of hydrogen-bond acceptors (Lipinski definition) is 2. The van der Waals surface area contributed by atoms with Crippen LogP contribution in [0, 0.1) is 18.2 Å². The van der Waals surface area contributed by atoms with Crippen LogP contribution in [0.15, 0.2) is 18.2 Å². The van der Waals surface area contributed by atoms with Crippen molar-refractivity contribution in [1.29, 1.82) is 0 Å². The summed E-state index contributed by atoms with van der Waals surface area (Å²) in [4.78, 5) is 22.9. The van der Waals surface area contributed by atoms with E-state index in [-0.39, 0.29) is 12.1 Å². The molecule has 0 atom stereocenters. The van der Waals surface area contributed by atoms with E-state index >= 15 is 0 Å². The first-order valence-corrected chi connectivity index (χ1v) is 5.59. The predicted molar refractivity (Wildman–Crippen MR) is 66.4 cm³/mol. The van der Waals surface area contributed by atoms with Crippen molar-refractivity contribution in [3.8, 4) is 0 Å². The summed E-state index contributed by atoms with van der Waals surface area (Å²) in [6, 6.07) is 4.58. The van der Waals surface area contributed by atoms with E-state index in [9.17, 15) is 14.0 Å². The largest absolute Gasteiger partial charge is 0.369 e. The zero-order valence-corrected chi connectivity index (χ0v) is 10.7. The molecule has 0 saturated heterocycles. The molecule has 0 spiro atoms. The van der Waals surface area contributed by atoms with Gasteiger partial charge in [-0.1, -0.05) is 12.1 Å². The topological polar surface area (TPSA) is 72.2 Å². The lowest BCUT2D eigenvalue weighted by molar-refractivity contribution is -0.125. The summed E-state index contributed by atoms with van der Waals surface area (Å²) in [5.41, 5.74) is 4.69. The monoisotopic (exact) mass is 252 g/mol. The van der Waals surface area contributed by atoms with Gasteiger partial charge in [-0.15, -0.1) is 0 Å². The Hall–Kier alpha value is -1.91. The second-order valence-electron chi connectivity index (χ2n) is 4.87. The number of hydrogen-bond donors (Lipinski definition) is 2. The molecule has 0 saturated carbocycles. The van der Waals surface area contributed by atoms with Gasteiger partial charge in [0, 0.05) is 6.54 Å². The summed E-state index contributed by atoms with van der Waals surface area (Å²) in [6.07, 6.45) is 0. The SMILES string of the molecule is Cc1cccc(C(=O)NCC(C)(C)C(N)=O)c1F.